The molecule has 9 rings (SSSR count). The van der Waals surface area contributed by atoms with Crippen molar-refractivity contribution in [1.82, 2.24) is 0 Å². The molecule has 5 heteroatoms. The van der Waals surface area contributed by atoms with Gasteiger partial charge in [0.25, 0.3) is 0 Å². The fourth-order valence-corrected chi connectivity index (χ4v) is 17.8. The maximum Gasteiger partial charge on any atom is 0.180 e. The summed E-state index contributed by atoms with van der Waals surface area (Å²) in [4.78, 5) is 10.8. The summed E-state index contributed by atoms with van der Waals surface area (Å²) in [5, 5.41) is 5.69. The van der Waals surface area contributed by atoms with Crippen LogP contribution in [-0.2, 0) is 5.41 Å². The zero-order valence-electron chi connectivity index (χ0n) is 28.7. The molecule has 0 amide bonds. The van der Waals surface area contributed by atoms with Crippen LogP contribution in [0.25, 0.3) is 11.1 Å². The molecular weight excluding hydrogens is 709 g/mol. The summed E-state index contributed by atoms with van der Waals surface area (Å²) in [5.74, 6) is 0. The van der Waals surface area contributed by atoms with Gasteiger partial charge in [-0.05, 0) is 79.3 Å². The van der Waals surface area contributed by atoms with Crippen molar-refractivity contribution in [3.8, 4) is 11.1 Å². The SMILES string of the molecule is CC(C)(C)c1cc([Si](c2ccccc2)(c2ccccc2)c2cccc3c2Sc2ccccc2S3)ccc1-c1cccc2c1Sc1ccccc1S2. The Balaban J connectivity index is 1.32. The number of fused-ring (bicyclic) bond motifs is 4. The van der Waals surface area contributed by atoms with E-state index >= 15 is 0 Å². The molecule has 0 nitrogen and oxygen atoms in total. The van der Waals surface area contributed by atoms with Crippen molar-refractivity contribution >= 4 is 75.9 Å². The molecule has 0 saturated heterocycles. The largest absolute Gasteiger partial charge is 0.180 e. The Morgan fingerprint density at radius 2 is 0.843 bits per heavy atom. The first-order valence-corrected chi connectivity index (χ1v) is 22.6. The van der Waals surface area contributed by atoms with Gasteiger partial charge in [0.15, 0.2) is 8.07 Å². The fourth-order valence-electron chi connectivity index (χ4n) is 7.58. The highest BCUT2D eigenvalue weighted by Gasteiger charge is 2.45. The lowest BCUT2D eigenvalue weighted by atomic mass is 9.82. The van der Waals surface area contributed by atoms with Crippen molar-refractivity contribution < 1.29 is 0 Å². The maximum atomic E-state index is 2.60. The molecule has 248 valence electrons. The van der Waals surface area contributed by atoms with Gasteiger partial charge in [-0.25, -0.2) is 0 Å². The van der Waals surface area contributed by atoms with E-state index in [-0.39, 0.29) is 5.41 Å². The van der Waals surface area contributed by atoms with E-state index in [1.54, 1.807) is 0 Å². The quantitative estimate of drug-likeness (QED) is 0.127. The lowest BCUT2D eigenvalue weighted by Gasteiger charge is -2.38. The Kier molecular flexibility index (Phi) is 8.61. The van der Waals surface area contributed by atoms with Gasteiger partial charge in [-0.1, -0.05) is 195 Å². The van der Waals surface area contributed by atoms with Gasteiger partial charge in [-0.15, -0.1) is 0 Å². The minimum Gasteiger partial charge on any atom is -0.0878 e. The molecule has 7 aromatic rings. The molecule has 2 heterocycles. The minimum atomic E-state index is -2.85. The summed E-state index contributed by atoms with van der Waals surface area (Å²) in [6.45, 7) is 7.14. The number of hydrogen-bond donors (Lipinski definition) is 0. The van der Waals surface area contributed by atoms with E-state index in [4.69, 9.17) is 0 Å². The molecule has 0 unspecified atom stereocenters. The van der Waals surface area contributed by atoms with E-state index in [1.165, 1.54) is 76.6 Å². The lowest BCUT2D eigenvalue weighted by Crippen LogP contribution is -2.75. The predicted octanol–water partition coefficient (Wildman–Crippen LogP) is 11.3. The summed E-state index contributed by atoms with van der Waals surface area (Å²) in [6.07, 6.45) is 0. The van der Waals surface area contributed by atoms with Crippen molar-refractivity contribution in [3.63, 3.8) is 0 Å². The predicted molar refractivity (Wildman–Crippen MR) is 224 cm³/mol. The van der Waals surface area contributed by atoms with Crippen LogP contribution in [0.1, 0.15) is 26.3 Å². The zero-order chi connectivity index (χ0) is 34.6. The molecule has 0 aromatic heterocycles. The Bertz CT molecular complexity index is 2370. The third kappa shape index (κ3) is 5.75. The Morgan fingerprint density at radius 3 is 1.41 bits per heavy atom. The zero-order valence-corrected chi connectivity index (χ0v) is 33.0. The smallest absolute Gasteiger partial charge is 0.0878 e. The molecule has 2 aliphatic rings. The Morgan fingerprint density at radius 1 is 0.373 bits per heavy atom. The second-order valence-electron chi connectivity index (χ2n) is 14.1. The highest BCUT2D eigenvalue weighted by molar-refractivity contribution is 8.05. The van der Waals surface area contributed by atoms with E-state index < -0.39 is 8.07 Å². The minimum absolute atomic E-state index is 0.0916. The van der Waals surface area contributed by atoms with Gasteiger partial charge in [0.2, 0.25) is 0 Å². The van der Waals surface area contributed by atoms with Crippen molar-refractivity contribution in [1.29, 1.82) is 0 Å². The van der Waals surface area contributed by atoms with Crippen LogP contribution in [0.3, 0.4) is 0 Å². The van der Waals surface area contributed by atoms with Crippen LogP contribution in [0.15, 0.2) is 203 Å². The molecule has 0 N–H and O–H groups in total. The fraction of sp³-hybridized carbons (Fsp3) is 0.0870. The third-order valence-electron chi connectivity index (χ3n) is 9.89. The molecule has 51 heavy (non-hydrogen) atoms. The van der Waals surface area contributed by atoms with Gasteiger partial charge in [0.05, 0.1) is 0 Å². The molecule has 0 bridgehead atoms. The summed E-state index contributed by atoms with van der Waals surface area (Å²) < 4.78 is 0. The monoisotopic (exact) mass is 744 g/mol. The van der Waals surface area contributed by atoms with Gasteiger partial charge in [-0.3, -0.25) is 0 Å². The van der Waals surface area contributed by atoms with Gasteiger partial charge in [0, 0.05) is 39.2 Å². The standard InChI is InChI=1S/C46H36S4Si/c1-46(2,3)36-30-33(28-29-34(36)35-20-14-25-41-44(35)49-39-23-12-10-21-37(39)47-41)51(31-16-6-4-7-17-31,32-18-8-5-9-19-32)43-27-15-26-42-45(43)50-40-24-13-11-22-38(40)48-42/h4-30H,1-3H3. The van der Waals surface area contributed by atoms with Crippen LogP contribution in [0.4, 0.5) is 0 Å². The second-order valence-corrected chi connectivity index (χ2v) is 22.1. The first-order chi connectivity index (χ1) is 24.9. The van der Waals surface area contributed by atoms with Crippen LogP contribution in [-0.4, -0.2) is 8.07 Å². The van der Waals surface area contributed by atoms with E-state index in [0.29, 0.717) is 0 Å². The van der Waals surface area contributed by atoms with Gasteiger partial charge in [-0.2, -0.15) is 0 Å². The van der Waals surface area contributed by atoms with Gasteiger partial charge >= 0.3 is 0 Å². The first kappa shape index (κ1) is 33.0. The normalized spacial score (nSPS) is 13.5. The molecule has 0 aliphatic carbocycles. The highest BCUT2D eigenvalue weighted by Crippen LogP contribution is 2.52. The van der Waals surface area contributed by atoms with Crippen molar-refractivity contribution in [2.45, 2.75) is 65.4 Å². The summed E-state index contributed by atoms with van der Waals surface area (Å²) in [6, 6.07) is 61.9. The van der Waals surface area contributed by atoms with E-state index in [9.17, 15) is 0 Å². The van der Waals surface area contributed by atoms with Gasteiger partial charge < -0.3 is 0 Å². The molecule has 0 atom stereocenters. The molecule has 0 saturated carbocycles. The van der Waals surface area contributed by atoms with E-state index in [1.807, 2.05) is 47.0 Å². The van der Waals surface area contributed by atoms with Crippen LogP contribution >= 0.6 is 47.0 Å². The summed E-state index contributed by atoms with van der Waals surface area (Å²) in [7, 11) is -2.85. The number of rotatable bonds is 5. The van der Waals surface area contributed by atoms with Crippen LogP contribution in [0.5, 0.6) is 0 Å². The Hall–Kier alpha value is -3.84. The Labute approximate surface area is 319 Å². The average Bonchev–Trinajstić information content (AvgIpc) is 3.17. The van der Waals surface area contributed by atoms with Crippen molar-refractivity contribution in [2.24, 2.45) is 0 Å². The third-order valence-corrected chi connectivity index (χ3v) is 20.1. The van der Waals surface area contributed by atoms with Crippen LogP contribution < -0.4 is 20.7 Å². The van der Waals surface area contributed by atoms with Crippen molar-refractivity contribution in [3.05, 3.63) is 169 Å². The molecule has 7 aromatic carbocycles. The highest BCUT2D eigenvalue weighted by atomic mass is 32.2. The maximum absolute atomic E-state index is 2.85. The topological polar surface area (TPSA) is 0 Å². The number of benzene rings is 7. The molecule has 0 fully saturated rings. The average molecular weight is 745 g/mol. The number of hydrogen-bond acceptors (Lipinski definition) is 4. The van der Waals surface area contributed by atoms with Crippen molar-refractivity contribution in [2.75, 3.05) is 0 Å². The second kappa shape index (κ2) is 13.3. The molecule has 2 aliphatic heterocycles. The summed E-state index contributed by atoms with van der Waals surface area (Å²) >= 11 is 7.67. The summed E-state index contributed by atoms with van der Waals surface area (Å²) in [5.41, 5.74) is 3.95. The molecular formula is C46H36S4Si. The van der Waals surface area contributed by atoms with Gasteiger partial charge in [0.1, 0.15) is 0 Å². The van der Waals surface area contributed by atoms with Crippen LogP contribution in [0.2, 0.25) is 0 Å². The van der Waals surface area contributed by atoms with E-state index in [2.05, 4.69) is 185 Å². The molecule has 0 spiro atoms. The van der Waals surface area contributed by atoms with E-state index in [0.717, 1.165) is 0 Å². The van der Waals surface area contributed by atoms with Crippen LogP contribution in [0, 0.1) is 0 Å². The molecule has 0 radical (unpaired) electrons. The first-order valence-electron chi connectivity index (χ1n) is 17.3. The lowest BCUT2D eigenvalue weighted by molar-refractivity contribution is 0.592.